The van der Waals surface area contributed by atoms with E-state index in [2.05, 4.69) is 47.5 Å². The Labute approximate surface area is 249 Å². The van der Waals surface area contributed by atoms with Crippen LogP contribution in [0.2, 0.25) is 5.15 Å². The lowest BCUT2D eigenvalue weighted by molar-refractivity contribution is -0.155. The number of aromatic amines is 3. The molecule has 0 fully saturated rings. The van der Waals surface area contributed by atoms with Gasteiger partial charge in [-0.15, -0.1) is 10.2 Å². The number of H-pyrrole nitrogens is 3. The number of likely N-dealkylation sites (N-methyl/N-ethyl adjacent to an activating group) is 1. The van der Waals surface area contributed by atoms with Gasteiger partial charge in [0, 0.05) is 37.2 Å². The summed E-state index contributed by atoms with van der Waals surface area (Å²) in [6.45, 7) is 2.12. The van der Waals surface area contributed by atoms with Crippen molar-refractivity contribution in [3.05, 3.63) is 89.0 Å². The average molecular weight is 588 g/mol. The third-order valence-electron chi connectivity index (χ3n) is 7.09. The second kappa shape index (κ2) is 13.5. The molecule has 2 aromatic carbocycles. The molecule has 11 nitrogen and oxygen atoms in total. The second-order valence-corrected chi connectivity index (χ2v) is 10.7. The summed E-state index contributed by atoms with van der Waals surface area (Å²) in [5.41, 5.74) is 4.26. The van der Waals surface area contributed by atoms with Crippen molar-refractivity contribution in [3.63, 3.8) is 0 Å². The maximum Gasteiger partial charge on any atom is 0.324 e. The van der Waals surface area contributed by atoms with Gasteiger partial charge in [0.1, 0.15) is 23.8 Å². The molecule has 5 rings (SSSR count). The van der Waals surface area contributed by atoms with E-state index in [0.29, 0.717) is 35.3 Å². The van der Waals surface area contributed by atoms with Crippen LogP contribution in [-0.4, -0.2) is 71.6 Å². The standard InChI is InChI=1S/C30H34ClN9O2/c1-4-5-11-25-34-27(28(31)35-25)24(42-30(41)23(40(2)3)18-26-32-14-15-33-26)17-19-12-13-21(20-9-7-6-8-10-20)22(16-19)29-36-38-39-37-29/h6-10,12-16,23-24H,4-5,11,17-18H2,1-3H3,(H,32,33)(H,34,35)(H,36,37,38,39)/t23-,24-/m0/s1. The van der Waals surface area contributed by atoms with Gasteiger partial charge in [-0.25, -0.2) is 9.97 Å². The fourth-order valence-corrected chi connectivity index (χ4v) is 5.11. The number of hydrogen-bond acceptors (Lipinski definition) is 8. The Morgan fingerprint density at radius 1 is 1.07 bits per heavy atom. The van der Waals surface area contributed by atoms with Crippen molar-refractivity contribution in [1.82, 2.24) is 45.5 Å². The zero-order valence-electron chi connectivity index (χ0n) is 23.8. The molecule has 3 heterocycles. The minimum absolute atomic E-state index is 0.297. The number of imidazole rings is 2. The van der Waals surface area contributed by atoms with Crippen LogP contribution in [0.5, 0.6) is 0 Å². The topological polar surface area (TPSA) is 141 Å². The Hall–Kier alpha value is -4.35. The van der Waals surface area contributed by atoms with E-state index < -0.39 is 12.1 Å². The molecule has 2 atom stereocenters. The zero-order valence-corrected chi connectivity index (χ0v) is 24.6. The SMILES string of the molecule is CCCCc1nc(Cl)c([C@H](Cc2ccc(-c3ccccc3)c(-c3nn[nH]n3)c2)OC(=O)[C@H](Cc2ncc[nH]2)N(C)C)[nH]1. The molecule has 3 aromatic heterocycles. The third-order valence-corrected chi connectivity index (χ3v) is 7.38. The minimum Gasteiger partial charge on any atom is -0.454 e. The van der Waals surface area contributed by atoms with Crippen LogP contribution in [0.25, 0.3) is 22.5 Å². The molecule has 0 bridgehead atoms. The summed E-state index contributed by atoms with van der Waals surface area (Å²) in [6, 6.07) is 15.5. The Bertz CT molecular complexity index is 1570. The van der Waals surface area contributed by atoms with E-state index >= 15 is 0 Å². The largest absolute Gasteiger partial charge is 0.454 e. The molecule has 0 amide bonds. The number of carbonyl (C=O) groups is 1. The van der Waals surface area contributed by atoms with E-state index in [9.17, 15) is 4.79 Å². The lowest BCUT2D eigenvalue weighted by Crippen LogP contribution is -2.40. The van der Waals surface area contributed by atoms with Gasteiger partial charge in [0.05, 0.1) is 5.69 Å². The number of benzene rings is 2. The number of esters is 1. The van der Waals surface area contributed by atoms with E-state index in [1.54, 1.807) is 12.4 Å². The van der Waals surface area contributed by atoms with Crippen molar-refractivity contribution < 1.29 is 9.53 Å². The van der Waals surface area contributed by atoms with Crippen molar-refractivity contribution in [2.75, 3.05) is 14.1 Å². The van der Waals surface area contributed by atoms with Crippen molar-refractivity contribution >= 4 is 17.6 Å². The fourth-order valence-electron chi connectivity index (χ4n) is 4.84. The Morgan fingerprint density at radius 2 is 1.90 bits per heavy atom. The summed E-state index contributed by atoms with van der Waals surface area (Å²) in [7, 11) is 3.69. The maximum absolute atomic E-state index is 13.7. The van der Waals surface area contributed by atoms with Crippen LogP contribution in [0.3, 0.4) is 0 Å². The van der Waals surface area contributed by atoms with E-state index in [-0.39, 0.29) is 5.97 Å². The first-order valence-corrected chi connectivity index (χ1v) is 14.3. The number of aryl methyl sites for hydroxylation is 1. The fraction of sp³-hybridized carbons (Fsp3) is 0.333. The summed E-state index contributed by atoms with van der Waals surface area (Å²) in [5, 5.41) is 15.1. The molecule has 0 spiro atoms. The Morgan fingerprint density at radius 3 is 2.60 bits per heavy atom. The molecule has 0 aliphatic heterocycles. The number of ether oxygens (including phenoxy) is 1. The first kappa shape index (κ1) is 29.2. The summed E-state index contributed by atoms with van der Waals surface area (Å²) in [5.74, 6) is 1.55. The van der Waals surface area contributed by atoms with Crippen LogP contribution in [0, 0.1) is 0 Å². The van der Waals surface area contributed by atoms with Gasteiger partial charge in [0.2, 0.25) is 5.82 Å². The molecular formula is C30H34ClN9O2. The number of aromatic nitrogens is 8. The number of rotatable bonds is 13. The van der Waals surface area contributed by atoms with Crippen LogP contribution in [0.1, 0.15) is 48.8 Å². The maximum atomic E-state index is 13.7. The monoisotopic (exact) mass is 587 g/mol. The number of unbranched alkanes of at least 4 members (excludes halogenated alkanes) is 1. The molecule has 218 valence electrons. The number of hydrogen-bond donors (Lipinski definition) is 3. The highest BCUT2D eigenvalue weighted by Gasteiger charge is 2.30. The van der Waals surface area contributed by atoms with Crippen molar-refractivity contribution in [1.29, 1.82) is 0 Å². The van der Waals surface area contributed by atoms with Crippen LogP contribution >= 0.6 is 11.6 Å². The highest BCUT2D eigenvalue weighted by Crippen LogP contribution is 2.34. The Kier molecular flexibility index (Phi) is 9.40. The van der Waals surface area contributed by atoms with Gasteiger partial charge in [0.15, 0.2) is 5.15 Å². The van der Waals surface area contributed by atoms with Crippen LogP contribution in [0.4, 0.5) is 0 Å². The van der Waals surface area contributed by atoms with E-state index in [1.165, 1.54) is 0 Å². The van der Waals surface area contributed by atoms with E-state index in [0.717, 1.165) is 47.3 Å². The zero-order chi connectivity index (χ0) is 29.5. The van der Waals surface area contributed by atoms with Gasteiger partial charge >= 0.3 is 5.97 Å². The van der Waals surface area contributed by atoms with Crippen LogP contribution in [-0.2, 0) is 28.8 Å². The molecule has 5 aromatic rings. The van der Waals surface area contributed by atoms with Crippen LogP contribution in [0.15, 0.2) is 60.9 Å². The predicted molar refractivity (Wildman–Crippen MR) is 160 cm³/mol. The molecule has 0 radical (unpaired) electrons. The number of tetrazole rings is 1. The average Bonchev–Trinajstić information content (AvgIpc) is 3.78. The minimum atomic E-state index is -0.715. The first-order valence-electron chi connectivity index (χ1n) is 13.9. The van der Waals surface area contributed by atoms with Gasteiger partial charge in [-0.3, -0.25) is 9.69 Å². The summed E-state index contributed by atoms with van der Waals surface area (Å²) in [6.07, 6.45) is 6.15. The lowest BCUT2D eigenvalue weighted by atomic mass is 9.95. The van der Waals surface area contributed by atoms with Gasteiger partial charge in [0.25, 0.3) is 0 Å². The van der Waals surface area contributed by atoms with Gasteiger partial charge < -0.3 is 14.7 Å². The molecule has 0 aliphatic carbocycles. The van der Waals surface area contributed by atoms with Gasteiger partial charge in [-0.1, -0.05) is 67.4 Å². The number of carbonyl (C=O) groups excluding carboxylic acids is 1. The summed E-state index contributed by atoms with van der Waals surface area (Å²) in [4.78, 5) is 30.7. The van der Waals surface area contributed by atoms with Gasteiger partial charge in [-0.2, -0.15) is 5.21 Å². The third kappa shape index (κ3) is 6.92. The lowest BCUT2D eigenvalue weighted by Gasteiger charge is -2.25. The molecule has 12 heteroatoms. The summed E-state index contributed by atoms with van der Waals surface area (Å²) >= 11 is 6.65. The second-order valence-electron chi connectivity index (χ2n) is 10.3. The molecule has 0 unspecified atom stereocenters. The molecular weight excluding hydrogens is 554 g/mol. The predicted octanol–water partition coefficient (Wildman–Crippen LogP) is 4.98. The highest BCUT2D eigenvalue weighted by atomic mass is 35.5. The first-order chi connectivity index (χ1) is 20.4. The normalized spacial score (nSPS) is 12.9. The smallest absolute Gasteiger partial charge is 0.324 e. The van der Waals surface area contributed by atoms with E-state index in [4.69, 9.17) is 16.3 Å². The molecule has 3 N–H and O–H groups in total. The summed E-state index contributed by atoms with van der Waals surface area (Å²) < 4.78 is 6.23. The molecule has 0 saturated heterocycles. The van der Waals surface area contributed by atoms with Crippen molar-refractivity contribution in [2.45, 2.75) is 51.2 Å². The Balaban J connectivity index is 1.49. The molecule has 0 aliphatic rings. The van der Waals surface area contributed by atoms with Gasteiger partial charge in [-0.05, 0) is 48.5 Å². The number of nitrogens with zero attached hydrogens (tertiary/aromatic N) is 6. The van der Waals surface area contributed by atoms with Crippen molar-refractivity contribution in [3.8, 4) is 22.5 Å². The van der Waals surface area contributed by atoms with Crippen molar-refractivity contribution in [2.24, 2.45) is 0 Å². The number of nitrogens with one attached hydrogen (secondary N) is 3. The quantitative estimate of drug-likeness (QED) is 0.164. The van der Waals surface area contributed by atoms with E-state index in [1.807, 2.05) is 67.5 Å². The number of halogens is 1. The molecule has 42 heavy (non-hydrogen) atoms. The highest BCUT2D eigenvalue weighted by molar-refractivity contribution is 6.30. The van der Waals surface area contributed by atoms with Crippen LogP contribution < -0.4 is 0 Å². The molecule has 0 saturated carbocycles.